The molecule has 0 radical (unpaired) electrons. The van der Waals surface area contributed by atoms with Crippen LogP contribution >= 0.6 is 0 Å². The summed E-state index contributed by atoms with van der Waals surface area (Å²) in [7, 11) is 0. The van der Waals surface area contributed by atoms with E-state index in [1.807, 2.05) is 24.3 Å². The lowest BCUT2D eigenvalue weighted by Crippen LogP contribution is -2.72. The number of piperazine rings is 1. The number of aldehydes is 1. The van der Waals surface area contributed by atoms with Crippen molar-refractivity contribution < 1.29 is 19.4 Å². The SMILES string of the molecule is CCCCC1(CCCC)C(C=O)NC(CO)CN1C(=O)OCC1c2ccccc2-c2ccccc21. The molecule has 2 aliphatic rings. The number of fused-ring (bicyclic) bond motifs is 3. The molecule has 1 amide bonds. The minimum atomic E-state index is -0.651. The Bertz CT molecular complexity index is 970. The second-order valence-corrected chi connectivity index (χ2v) is 9.89. The highest BCUT2D eigenvalue weighted by molar-refractivity contribution is 5.79. The Hall–Kier alpha value is -2.70. The van der Waals surface area contributed by atoms with Gasteiger partial charge in [-0.15, -0.1) is 0 Å². The van der Waals surface area contributed by atoms with E-state index in [9.17, 15) is 14.7 Å². The molecule has 0 bridgehead atoms. The van der Waals surface area contributed by atoms with E-state index in [0.29, 0.717) is 6.54 Å². The topological polar surface area (TPSA) is 78.9 Å². The maximum Gasteiger partial charge on any atom is 0.410 e. The number of carbonyl (C=O) groups excluding carboxylic acids is 2. The normalized spacial score (nSPS) is 20.8. The molecule has 2 atom stereocenters. The van der Waals surface area contributed by atoms with Crippen LogP contribution in [0, 0.1) is 0 Å². The summed E-state index contributed by atoms with van der Waals surface area (Å²) in [4.78, 5) is 27.7. The van der Waals surface area contributed by atoms with Crippen molar-refractivity contribution >= 4 is 12.4 Å². The molecular weight excluding hydrogens is 440 g/mol. The highest BCUT2D eigenvalue weighted by atomic mass is 16.6. The van der Waals surface area contributed by atoms with Gasteiger partial charge in [-0.3, -0.25) is 10.2 Å². The van der Waals surface area contributed by atoms with E-state index in [-0.39, 0.29) is 25.2 Å². The summed E-state index contributed by atoms with van der Waals surface area (Å²) < 4.78 is 6.04. The summed E-state index contributed by atoms with van der Waals surface area (Å²) in [6.07, 6.45) is 5.73. The van der Waals surface area contributed by atoms with Crippen molar-refractivity contribution in [2.75, 3.05) is 19.8 Å². The number of hydrogen-bond acceptors (Lipinski definition) is 5. The fourth-order valence-corrected chi connectivity index (χ4v) is 5.91. The lowest BCUT2D eigenvalue weighted by Gasteiger charge is -2.52. The number of amides is 1. The smallest absolute Gasteiger partial charge is 0.410 e. The van der Waals surface area contributed by atoms with Crippen LogP contribution in [-0.2, 0) is 9.53 Å². The van der Waals surface area contributed by atoms with Gasteiger partial charge in [-0.25, -0.2) is 4.79 Å². The van der Waals surface area contributed by atoms with Gasteiger partial charge in [-0.1, -0.05) is 88.1 Å². The molecule has 35 heavy (non-hydrogen) atoms. The van der Waals surface area contributed by atoms with E-state index in [1.165, 1.54) is 22.3 Å². The van der Waals surface area contributed by atoms with E-state index in [2.05, 4.69) is 43.4 Å². The van der Waals surface area contributed by atoms with Crippen molar-refractivity contribution in [2.24, 2.45) is 0 Å². The molecule has 1 heterocycles. The van der Waals surface area contributed by atoms with Gasteiger partial charge >= 0.3 is 6.09 Å². The first-order valence-corrected chi connectivity index (χ1v) is 13.0. The highest BCUT2D eigenvalue weighted by Gasteiger charge is 2.50. The summed E-state index contributed by atoms with van der Waals surface area (Å²) in [6, 6.07) is 15.7. The standard InChI is InChI=1S/C29H38N2O4/c1-3-5-15-29(16-6-4-2)27(19-33)30-21(18-32)17-31(29)28(34)35-20-26-24-13-9-7-11-22(24)23-12-8-10-14-25(23)26/h7-14,19,21,26-27,30,32H,3-6,15-18,20H2,1-2H3. The molecule has 0 spiro atoms. The average molecular weight is 479 g/mol. The Labute approximate surface area is 208 Å². The van der Waals surface area contributed by atoms with Crippen molar-refractivity contribution in [3.05, 3.63) is 59.7 Å². The minimum Gasteiger partial charge on any atom is -0.448 e. The predicted molar refractivity (Wildman–Crippen MR) is 137 cm³/mol. The maximum atomic E-state index is 13.7. The van der Waals surface area contributed by atoms with Crippen molar-refractivity contribution in [3.8, 4) is 11.1 Å². The number of nitrogens with one attached hydrogen (secondary N) is 1. The van der Waals surface area contributed by atoms with Crippen molar-refractivity contribution in [3.63, 3.8) is 0 Å². The fourth-order valence-electron chi connectivity index (χ4n) is 5.91. The van der Waals surface area contributed by atoms with E-state index in [4.69, 9.17) is 4.74 Å². The summed E-state index contributed by atoms with van der Waals surface area (Å²) in [5, 5.41) is 13.2. The second-order valence-electron chi connectivity index (χ2n) is 9.89. The summed E-state index contributed by atoms with van der Waals surface area (Å²) in [5.41, 5.74) is 4.07. The molecule has 4 rings (SSSR count). The van der Waals surface area contributed by atoms with E-state index >= 15 is 0 Å². The molecule has 1 aliphatic carbocycles. The minimum absolute atomic E-state index is 0.0227. The van der Waals surface area contributed by atoms with Gasteiger partial charge in [-0.2, -0.15) is 0 Å². The Morgan fingerprint density at radius 2 is 1.63 bits per heavy atom. The van der Waals surface area contributed by atoms with Crippen LogP contribution in [0.15, 0.2) is 48.5 Å². The van der Waals surface area contributed by atoms with Crippen molar-refractivity contribution in [2.45, 2.75) is 75.9 Å². The summed E-state index contributed by atoms with van der Waals surface area (Å²) >= 11 is 0. The van der Waals surface area contributed by atoms with Crippen molar-refractivity contribution in [1.29, 1.82) is 0 Å². The van der Waals surface area contributed by atoms with Gasteiger partial charge in [0.15, 0.2) is 0 Å². The van der Waals surface area contributed by atoms with Gasteiger partial charge in [0, 0.05) is 18.5 Å². The van der Waals surface area contributed by atoms with Crippen LogP contribution in [0.5, 0.6) is 0 Å². The van der Waals surface area contributed by atoms with Crippen LogP contribution in [-0.4, -0.2) is 59.8 Å². The lowest BCUT2D eigenvalue weighted by molar-refractivity contribution is -0.117. The zero-order valence-electron chi connectivity index (χ0n) is 20.9. The zero-order valence-corrected chi connectivity index (χ0v) is 20.9. The Kier molecular flexibility index (Phi) is 8.24. The molecule has 0 aromatic heterocycles. The number of carbonyl (C=O) groups is 2. The number of nitrogens with zero attached hydrogens (tertiary/aromatic N) is 1. The third-order valence-electron chi connectivity index (χ3n) is 7.77. The van der Waals surface area contributed by atoms with Crippen LogP contribution < -0.4 is 5.32 Å². The highest BCUT2D eigenvalue weighted by Crippen LogP contribution is 2.45. The third kappa shape index (κ3) is 4.87. The van der Waals surface area contributed by atoms with E-state index in [0.717, 1.165) is 44.8 Å². The number of rotatable bonds is 10. The molecule has 188 valence electrons. The molecule has 1 fully saturated rings. The molecule has 2 unspecified atom stereocenters. The first kappa shape index (κ1) is 25.4. The first-order valence-electron chi connectivity index (χ1n) is 13.0. The van der Waals surface area contributed by atoms with Crippen LogP contribution in [0.1, 0.15) is 69.4 Å². The molecule has 2 aromatic carbocycles. The van der Waals surface area contributed by atoms with Gasteiger partial charge in [0.2, 0.25) is 0 Å². The average Bonchev–Trinajstić information content (AvgIpc) is 3.22. The molecule has 1 saturated heterocycles. The number of hydrogen-bond donors (Lipinski definition) is 2. The fraction of sp³-hybridized carbons (Fsp3) is 0.517. The summed E-state index contributed by atoms with van der Waals surface area (Å²) in [6.45, 7) is 4.66. The molecule has 1 aliphatic heterocycles. The maximum absolute atomic E-state index is 13.7. The molecule has 2 aromatic rings. The molecule has 6 heteroatoms. The summed E-state index contributed by atoms with van der Waals surface area (Å²) in [5.74, 6) is -0.0227. The van der Waals surface area contributed by atoms with Gasteiger partial charge in [0.25, 0.3) is 0 Å². The zero-order chi connectivity index (χ0) is 24.8. The largest absolute Gasteiger partial charge is 0.448 e. The second kappa shape index (κ2) is 11.4. The molecule has 0 saturated carbocycles. The van der Waals surface area contributed by atoms with Crippen LogP contribution in [0.2, 0.25) is 0 Å². The number of aliphatic hydroxyl groups is 1. The van der Waals surface area contributed by atoms with Crippen LogP contribution in [0.4, 0.5) is 4.79 Å². The third-order valence-corrected chi connectivity index (χ3v) is 7.77. The van der Waals surface area contributed by atoms with E-state index < -0.39 is 17.7 Å². The number of aliphatic hydroxyl groups excluding tert-OH is 1. The number of ether oxygens (including phenoxy) is 1. The van der Waals surface area contributed by atoms with Gasteiger partial charge in [-0.05, 0) is 35.1 Å². The Balaban J connectivity index is 1.61. The van der Waals surface area contributed by atoms with Crippen molar-refractivity contribution in [1.82, 2.24) is 10.2 Å². The van der Waals surface area contributed by atoms with E-state index in [1.54, 1.807) is 4.90 Å². The predicted octanol–water partition coefficient (Wildman–Crippen LogP) is 4.89. The quantitative estimate of drug-likeness (QED) is 0.476. The van der Waals surface area contributed by atoms with Gasteiger partial charge < -0.3 is 14.6 Å². The first-order chi connectivity index (χ1) is 17.1. The molecule has 6 nitrogen and oxygen atoms in total. The lowest BCUT2D eigenvalue weighted by atomic mass is 9.77. The number of benzene rings is 2. The molecular formula is C29H38N2O4. The molecule has 2 N–H and O–H groups in total. The van der Waals surface area contributed by atoms with Crippen LogP contribution in [0.3, 0.4) is 0 Å². The monoisotopic (exact) mass is 478 g/mol. The van der Waals surface area contributed by atoms with Crippen LogP contribution in [0.25, 0.3) is 11.1 Å². The van der Waals surface area contributed by atoms with Gasteiger partial charge in [0.1, 0.15) is 12.9 Å². The Morgan fingerprint density at radius 1 is 1.06 bits per heavy atom. The van der Waals surface area contributed by atoms with Gasteiger partial charge in [0.05, 0.1) is 18.2 Å². The number of unbranched alkanes of at least 4 members (excludes halogenated alkanes) is 2. The Morgan fingerprint density at radius 3 is 2.14 bits per heavy atom.